The lowest BCUT2D eigenvalue weighted by Crippen LogP contribution is -2.45. The Kier molecular flexibility index (Phi) is 4.37. The number of carbonyl (C=O) groups excluding carboxylic acids is 1. The fourth-order valence-electron chi connectivity index (χ4n) is 2.07. The van der Waals surface area contributed by atoms with E-state index in [0.717, 1.165) is 0 Å². The summed E-state index contributed by atoms with van der Waals surface area (Å²) in [6, 6.07) is 0. The summed E-state index contributed by atoms with van der Waals surface area (Å²) in [7, 11) is 1.23. The fourth-order valence-corrected chi connectivity index (χ4v) is 2.07. The molecule has 4 nitrogen and oxygen atoms in total. The van der Waals surface area contributed by atoms with Crippen LogP contribution >= 0.6 is 0 Å². The van der Waals surface area contributed by atoms with Gasteiger partial charge in [0.05, 0.1) is 6.61 Å². The molecule has 0 bridgehead atoms. The van der Waals surface area contributed by atoms with Gasteiger partial charge in [-0.25, -0.2) is 0 Å². The first kappa shape index (κ1) is 14.2. The van der Waals surface area contributed by atoms with Crippen LogP contribution in [0.2, 0.25) is 0 Å². The molecule has 1 aliphatic rings. The Hall–Kier alpha value is -0.820. The zero-order valence-corrected chi connectivity index (χ0v) is 9.72. The highest BCUT2D eigenvalue weighted by Crippen LogP contribution is 2.45. The van der Waals surface area contributed by atoms with E-state index in [1.807, 2.05) is 0 Å². The first-order chi connectivity index (χ1) is 7.86. The van der Waals surface area contributed by atoms with Crippen LogP contribution in [0.1, 0.15) is 12.8 Å². The number of alkyl halides is 3. The minimum atomic E-state index is -4.36. The van der Waals surface area contributed by atoms with Crippen LogP contribution in [0.15, 0.2) is 0 Å². The minimum Gasteiger partial charge on any atom is -0.384 e. The van der Waals surface area contributed by atoms with Gasteiger partial charge in [0.15, 0.2) is 0 Å². The molecule has 2 N–H and O–H groups in total. The number of carbonyl (C=O) groups is 1. The van der Waals surface area contributed by atoms with Gasteiger partial charge >= 0.3 is 6.18 Å². The Bertz CT molecular complexity index is 283. The molecule has 1 aliphatic heterocycles. The average Bonchev–Trinajstić information content (AvgIpc) is 2.63. The number of nitrogens with zero attached hydrogens (tertiary/aromatic N) is 1. The van der Waals surface area contributed by atoms with Gasteiger partial charge in [0, 0.05) is 33.2 Å². The number of likely N-dealkylation sites (tertiary alicyclic amines) is 1. The lowest BCUT2D eigenvalue weighted by molar-refractivity contribution is -0.232. The molecule has 17 heavy (non-hydrogen) atoms. The van der Waals surface area contributed by atoms with Crippen LogP contribution in [0.25, 0.3) is 0 Å². The summed E-state index contributed by atoms with van der Waals surface area (Å²) in [6.45, 7) is -0.480. The van der Waals surface area contributed by atoms with Crippen molar-refractivity contribution in [3.63, 3.8) is 0 Å². The zero-order chi connectivity index (χ0) is 13.1. The minimum absolute atomic E-state index is 0.0842. The van der Waals surface area contributed by atoms with E-state index < -0.39 is 18.2 Å². The summed E-state index contributed by atoms with van der Waals surface area (Å²) in [5, 5.41) is 0. The molecular formula is C10H17F3N2O2. The predicted octanol–water partition coefficient (Wildman–Crippen LogP) is 0.763. The van der Waals surface area contributed by atoms with E-state index in [4.69, 9.17) is 5.73 Å². The van der Waals surface area contributed by atoms with Crippen LogP contribution in [0.4, 0.5) is 13.2 Å². The van der Waals surface area contributed by atoms with Gasteiger partial charge in [-0.2, -0.15) is 13.2 Å². The van der Waals surface area contributed by atoms with E-state index in [2.05, 4.69) is 4.74 Å². The summed E-state index contributed by atoms with van der Waals surface area (Å²) in [5.74, 6) is -0.324. The molecule has 1 atom stereocenters. The molecule has 1 rings (SSSR count). The van der Waals surface area contributed by atoms with Crippen LogP contribution in [0, 0.1) is 5.41 Å². The van der Waals surface area contributed by atoms with E-state index >= 15 is 0 Å². The van der Waals surface area contributed by atoms with Gasteiger partial charge in [-0.05, 0) is 6.42 Å². The zero-order valence-electron chi connectivity index (χ0n) is 9.72. The Morgan fingerprint density at radius 1 is 1.53 bits per heavy atom. The molecule has 1 fully saturated rings. The van der Waals surface area contributed by atoms with E-state index in [1.165, 1.54) is 12.0 Å². The molecule has 0 aliphatic carbocycles. The lowest BCUT2D eigenvalue weighted by atomic mass is 9.87. The SMILES string of the molecule is COCC1(C(F)(F)F)CCN(C(=O)CCN)C1. The van der Waals surface area contributed by atoms with Crippen LogP contribution in [-0.2, 0) is 9.53 Å². The van der Waals surface area contributed by atoms with E-state index in [0.29, 0.717) is 0 Å². The summed E-state index contributed by atoms with van der Waals surface area (Å²) in [5.41, 5.74) is 3.29. The number of hydrogen-bond donors (Lipinski definition) is 1. The first-order valence-corrected chi connectivity index (χ1v) is 5.40. The van der Waals surface area contributed by atoms with Crippen LogP contribution in [-0.4, -0.2) is 50.3 Å². The molecule has 100 valence electrons. The van der Waals surface area contributed by atoms with Gasteiger partial charge in [-0.15, -0.1) is 0 Å². The molecule has 7 heteroatoms. The van der Waals surface area contributed by atoms with Gasteiger partial charge in [0.2, 0.25) is 5.91 Å². The second-order valence-corrected chi connectivity index (χ2v) is 4.32. The van der Waals surface area contributed by atoms with E-state index in [1.54, 1.807) is 0 Å². The molecule has 0 spiro atoms. The van der Waals surface area contributed by atoms with Gasteiger partial charge in [0.1, 0.15) is 5.41 Å². The number of hydrogen-bond acceptors (Lipinski definition) is 3. The highest BCUT2D eigenvalue weighted by Gasteiger charge is 2.58. The van der Waals surface area contributed by atoms with Crippen molar-refractivity contribution in [3.8, 4) is 0 Å². The number of methoxy groups -OCH3 is 1. The average molecular weight is 254 g/mol. The maximum absolute atomic E-state index is 13.0. The van der Waals surface area contributed by atoms with Crippen molar-refractivity contribution >= 4 is 5.91 Å². The topological polar surface area (TPSA) is 55.6 Å². The molecule has 1 amide bonds. The molecule has 0 saturated carbocycles. The largest absolute Gasteiger partial charge is 0.398 e. The molecule has 1 saturated heterocycles. The normalized spacial score (nSPS) is 25.4. The third-order valence-electron chi connectivity index (χ3n) is 3.09. The fraction of sp³-hybridized carbons (Fsp3) is 0.900. The molecule has 1 heterocycles. The Morgan fingerprint density at radius 2 is 2.18 bits per heavy atom. The number of ether oxygens (including phenoxy) is 1. The second kappa shape index (κ2) is 5.22. The van der Waals surface area contributed by atoms with Crippen molar-refractivity contribution in [2.24, 2.45) is 11.1 Å². The quantitative estimate of drug-likeness (QED) is 0.806. The maximum Gasteiger partial charge on any atom is 0.398 e. The summed E-state index contributed by atoms with van der Waals surface area (Å²) >= 11 is 0. The Labute approximate surface area is 97.9 Å². The molecule has 0 aromatic rings. The Morgan fingerprint density at radius 3 is 2.65 bits per heavy atom. The third-order valence-corrected chi connectivity index (χ3v) is 3.09. The van der Waals surface area contributed by atoms with Gasteiger partial charge in [-0.1, -0.05) is 0 Å². The summed E-state index contributed by atoms with van der Waals surface area (Å²) in [4.78, 5) is 12.7. The van der Waals surface area contributed by atoms with E-state index in [-0.39, 0.29) is 38.4 Å². The molecule has 0 radical (unpaired) electrons. The molecular weight excluding hydrogens is 237 g/mol. The van der Waals surface area contributed by atoms with Crippen molar-refractivity contribution in [1.29, 1.82) is 0 Å². The predicted molar refractivity (Wildman–Crippen MR) is 55.2 cm³/mol. The van der Waals surface area contributed by atoms with Crippen molar-refractivity contribution in [2.45, 2.75) is 19.0 Å². The maximum atomic E-state index is 13.0. The van der Waals surface area contributed by atoms with Gasteiger partial charge < -0.3 is 15.4 Å². The van der Waals surface area contributed by atoms with Crippen molar-refractivity contribution in [2.75, 3.05) is 33.4 Å². The second-order valence-electron chi connectivity index (χ2n) is 4.32. The molecule has 0 aromatic heterocycles. The van der Waals surface area contributed by atoms with Gasteiger partial charge in [0.25, 0.3) is 0 Å². The number of nitrogens with two attached hydrogens (primary N) is 1. The molecule has 1 unspecified atom stereocenters. The summed E-state index contributed by atoms with van der Waals surface area (Å²) < 4.78 is 43.6. The summed E-state index contributed by atoms with van der Waals surface area (Å²) in [6.07, 6.45) is -4.39. The van der Waals surface area contributed by atoms with Crippen LogP contribution in [0.5, 0.6) is 0 Å². The van der Waals surface area contributed by atoms with Crippen molar-refractivity contribution in [3.05, 3.63) is 0 Å². The highest BCUT2D eigenvalue weighted by atomic mass is 19.4. The van der Waals surface area contributed by atoms with Gasteiger partial charge in [-0.3, -0.25) is 4.79 Å². The lowest BCUT2D eigenvalue weighted by Gasteiger charge is -2.30. The first-order valence-electron chi connectivity index (χ1n) is 5.40. The smallest absolute Gasteiger partial charge is 0.384 e. The highest BCUT2D eigenvalue weighted by molar-refractivity contribution is 5.76. The number of amides is 1. The molecule has 0 aromatic carbocycles. The van der Waals surface area contributed by atoms with E-state index in [9.17, 15) is 18.0 Å². The van der Waals surface area contributed by atoms with Crippen LogP contribution < -0.4 is 5.73 Å². The van der Waals surface area contributed by atoms with Crippen LogP contribution in [0.3, 0.4) is 0 Å². The van der Waals surface area contributed by atoms with Crippen molar-refractivity contribution in [1.82, 2.24) is 4.90 Å². The monoisotopic (exact) mass is 254 g/mol. The van der Waals surface area contributed by atoms with Crippen molar-refractivity contribution < 1.29 is 22.7 Å². The standard InChI is InChI=1S/C10H17F3N2O2/c1-17-7-9(10(11,12)13)3-5-15(6-9)8(16)2-4-14/h2-7,14H2,1H3. The third kappa shape index (κ3) is 2.90. The Balaban J connectivity index is 2.75. The number of halogens is 3. The number of rotatable bonds is 4.